The number of rotatable bonds is 4. The summed E-state index contributed by atoms with van der Waals surface area (Å²) in [5, 5.41) is 8.74. The molecule has 21 heavy (non-hydrogen) atoms. The van der Waals surface area contributed by atoms with Gasteiger partial charge in [-0.3, -0.25) is 4.79 Å². The summed E-state index contributed by atoms with van der Waals surface area (Å²) >= 11 is 0. The van der Waals surface area contributed by atoms with Crippen molar-refractivity contribution in [1.29, 1.82) is 0 Å². The number of hydrogen-bond donors (Lipinski definition) is 2. The molecule has 2 N–H and O–H groups in total. The van der Waals surface area contributed by atoms with Crippen molar-refractivity contribution in [3.05, 3.63) is 42.5 Å². The third kappa shape index (κ3) is 3.82. The molecule has 3 heteroatoms. The summed E-state index contributed by atoms with van der Waals surface area (Å²) in [7, 11) is 0. The third-order valence-electron chi connectivity index (χ3n) is 4.27. The second kappa shape index (κ2) is 6.72. The maximum absolute atomic E-state index is 12.1. The second-order valence-electron chi connectivity index (χ2n) is 5.84. The van der Waals surface area contributed by atoms with Crippen LogP contribution in [0.2, 0.25) is 0 Å². The summed E-state index contributed by atoms with van der Waals surface area (Å²) in [5.41, 5.74) is 0.893. The number of piperidine rings is 1. The minimum atomic E-state index is 0.129. The zero-order chi connectivity index (χ0) is 14.5. The normalized spacial score (nSPS) is 16.0. The van der Waals surface area contributed by atoms with Crippen molar-refractivity contribution in [3.8, 4) is 0 Å². The van der Waals surface area contributed by atoms with Gasteiger partial charge in [0.1, 0.15) is 0 Å². The number of hydrogen-bond acceptors (Lipinski definition) is 2. The Bertz CT molecular complexity index is 617. The van der Waals surface area contributed by atoms with Crippen LogP contribution in [0.4, 0.5) is 5.69 Å². The van der Waals surface area contributed by atoms with E-state index in [9.17, 15) is 4.79 Å². The van der Waals surface area contributed by atoms with Crippen LogP contribution in [0.15, 0.2) is 42.5 Å². The SMILES string of the molecule is O=C(CCC1CCNCC1)Nc1ccc2ccccc2c1. The fourth-order valence-electron chi connectivity index (χ4n) is 3.00. The van der Waals surface area contributed by atoms with E-state index in [1.54, 1.807) is 0 Å². The highest BCUT2D eigenvalue weighted by atomic mass is 16.1. The van der Waals surface area contributed by atoms with Gasteiger partial charge in [-0.1, -0.05) is 30.3 Å². The van der Waals surface area contributed by atoms with E-state index < -0.39 is 0 Å². The van der Waals surface area contributed by atoms with Crippen molar-refractivity contribution < 1.29 is 4.79 Å². The number of carbonyl (C=O) groups excluding carboxylic acids is 1. The predicted molar refractivity (Wildman–Crippen MR) is 87.4 cm³/mol. The molecule has 110 valence electrons. The number of benzene rings is 2. The lowest BCUT2D eigenvalue weighted by Gasteiger charge is -2.22. The molecule has 2 aromatic rings. The van der Waals surface area contributed by atoms with E-state index in [2.05, 4.69) is 28.8 Å². The van der Waals surface area contributed by atoms with E-state index in [0.717, 1.165) is 30.6 Å². The van der Waals surface area contributed by atoms with E-state index in [1.807, 2.05) is 24.3 Å². The van der Waals surface area contributed by atoms with Crippen LogP contribution in [0, 0.1) is 5.92 Å². The molecule has 0 aliphatic carbocycles. The number of amides is 1. The average molecular weight is 282 g/mol. The summed E-state index contributed by atoms with van der Waals surface area (Å²) in [6.45, 7) is 2.19. The fourth-order valence-corrected chi connectivity index (χ4v) is 3.00. The quantitative estimate of drug-likeness (QED) is 0.900. The Labute approximate surface area is 125 Å². The van der Waals surface area contributed by atoms with E-state index in [1.165, 1.54) is 18.2 Å². The average Bonchev–Trinajstić information content (AvgIpc) is 2.54. The minimum Gasteiger partial charge on any atom is -0.326 e. The van der Waals surface area contributed by atoms with Gasteiger partial charge in [0.25, 0.3) is 0 Å². The van der Waals surface area contributed by atoms with Gasteiger partial charge in [-0.25, -0.2) is 0 Å². The van der Waals surface area contributed by atoms with Gasteiger partial charge in [0.2, 0.25) is 5.91 Å². The van der Waals surface area contributed by atoms with Crippen molar-refractivity contribution in [1.82, 2.24) is 5.32 Å². The standard InChI is InChI=1S/C18H22N2O/c21-18(8-5-14-9-11-19-12-10-14)20-17-7-6-15-3-1-2-4-16(15)13-17/h1-4,6-7,13-14,19H,5,8-12H2,(H,20,21). The van der Waals surface area contributed by atoms with E-state index in [4.69, 9.17) is 0 Å². The fraction of sp³-hybridized carbons (Fsp3) is 0.389. The topological polar surface area (TPSA) is 41.1 Å². The van der Waals surface area contributed by atoms with Crippen molar-refractivity contribution in [3.63, 3.8) is 0 Å². The number of fused-ring (bicyclic) bond motifs is 1. The number of nitrogens with one attached hydrogen (secondary N) is 2. The third-order valence-corrected chi connectivity index (χ3v) is 4.27. The predicted octanol–water partition coefficient (Wildman–Crippen LogP) is 3.56. The van der Waals surface area contributed by atoms with Gasteiger partial charge in [0.05, 0.1) is 0 Å². The molecule has 3 nitrogen and oxygen atoms in total. The maximum Gasteiger partial charge on any atom is 0.224 e. The van der Waals surface area contributed by atoms with Gasteiger partial charge in [-0.05, 0) is 61.2 Å². The first kappa shape index (κ1) is 14.1. The van der Waals surface area contributed by atoms with Crippen LogP contribution in [-0.2, 0) is 4.79 Å². The Morgan fingerprint density at radius 3 is 2.67 bits per heavy atom. The summed E-state index contributed by atoms with van der Waals surface area (Å²) in [4.78, 5) is 12.1. The van der Waals surface area contributed by atoms with Crippen LogP contribution in [0.1, 0.15) is 25.7 Å². The van der Waals surface area contributed by atoms with E-state index in [-0.39, 0.29) is 5.91 Å². The highest BCUT2D eigenvalue weighted by Crippen LogP contribution is 2.21. The van der Waals surface area contributed by atoms with Gasteiger partial charge in [-0.2, -0.15) is 0 Å². The smallest absolute Gasteiger partial charge is 0.224 e. The van der Waals surface area contributed by atoms with Crippen molar-refractivity contribution in [2.75, 3.05) is 18.4 Å². The van der Waals surface area contributed by atoms with Crippen LogP contribution in [0.3, 0.4) is 0 Å². The molecule has 0 atom stereocenters. The minimum absolute atomic E-state index is 0.129. The van der Waals surface area contributed by atoms with E-state index in [0.29, 0.717) is 12.3 Å². The molecular weight excluding hydrogens is 260 g/mol. The van der Waals surface area contributed by atoms with Crippen molar-refractivity contribution in [2.45, 2.75) is 25.7 Å². The van der Waals surface area contributed by atoms with Crippen LogP contribution >= 0.6 is 0 Å². The molecule has 0 saturated carbocycles. The number of anilines is 1. The van der Waals surface area contributed by atoms with Gasteiger partial charge < -0.3 is 10.6 Å². The highest BCUT2D eigenvalue weighted by Gasteiger charge is 2.14. The Morgan fingerprint density at radius 1 is 1.10 bits per heavy atom. The molecule has 1 heterocycles. The van der Waals surface area contributed by atoms with Crippen molar-refractivity contribution in [2.24, 2.45) is 5.92 Å². The molecule has 0 bridgehead atoms. The summed E-state index contributed by atoms with van der Waals surface area (Å²) in [6.07, 6.45) is 4.02. The van der Waals surface area contributed by atoms with Gasteiger partial charge in [0.15, 0.2) is 0 Å². The summed E-state index contributed by atoms with van der Waals surface area (Å²) in [6, 6.07) is 14.3. The molecule has 2 aromatic carbocycles. The van der Waals surface area contributed by atoms with Crippen molar-refractivity contribution >= 4 is 22.4 Å². The lowest BCUT2D eigenvalue weighted by Crippen LogP contribution is -2.28. The zero-order valence-electron chi connectivity index (χ0n) is 12.3. The lowest BCUT2D eigenvalue weighted by molar-refractivity contribution is -0.116. The molecular formula is C18H22N2O. The van der Waals surface area contributed by atoms with Gasteiger partial charge in [-0.15, -0.1) is 0 Å². The van der Waals surface area contributed by atoms with Crippen LogP contribution in [-0.4, -0.2) is 19.0 Å². The lowest BCUT2D eigenvalue weighted by atomic mass is 9.93. The largest absolute Gasteiger partial charge is 0.326 e. The second-order valence-corrected chi connectivity index (χ2v) is 5.84. The molecule has 0 spiro atoms. The Morgan fingerprint density at radius 2 is 1.86 bits per heavy atom. The summed E-state index contributed by atoms with van der Waals surface area (Å²) in [5.74, 6) is 0.831. The van der Waals surface area contributed by atoms with Gasteiger partial charge >= 0.3 is 0 Å². The first-order chi connectivity index (χ1) is 10.3. The highest BCUT2D eigenvalue weighted by molar-refractivity contribution is 5.94. The van der Waals surface area contributed by atoms with Crippen LogP contribution in [0.25, 0.3) is 10.8 Å². The number of carbonyl (C=O) groups is 1. The molecule has 1 aliphatic rings. The molecule has 0 unspecified atom stereocenters. The van der Waals surface area contributed by atoms with E-state index >= 15 is 0 Å². The van der Waals surface area contributed by atoms with Crippen LogP contribution < -0.4 is 10.6 Å². The molecule has 0 radical (unpaired) electrons. The molecule has 3 rings (SSSR count). The zero-order valence-corrected chi connectivity index (χ0v) is 12.3. The summed E-state index contributed by atoms with van der Waals surface area (Å²) < 4.78 is 0. The first-order valence-electron chi connectivity index (χ1n) is 7.80. The molecule has 1 amide bonds. The van der Waals surface area contributed by atoms with Crippen LogP contribution in [0.5, 0.6) is 0 Å². The first-order valence-corrected chi connectivity index (χ1v) is 7.80. The Hall–Kier alpha value is -1.87. The Kier molecular flexibility index (Phi) is 4.51. The monoisotopic (exact) mass is 282 g/mol. The molecule has 1 saturated heterocycles. The maximum atomic E-state index is 12.1. The van der Waals surface area contributed by atoms with Gasteiger partial charge in [0, 0.05) is 12.1 Å². The molecule has 1 fully saturated rings. The molecule has 0 aromatic heterocycles. The molecule has 1 aliphatic heterocycles. The Balaban J connectivity index is 1.55.